The Kier molecular flexibility index (Phi) is 4.54. The number of hydrogen-bond donors (Lipinski definition) is 0. The molecule has 0 atom stereocenters. The van der Waals surface area contributed by atoms with Crippen LogP contribution in [0.15, 0.2) is 29.2 Å². The molecule has 1 aromatic carbocycles. The van der Waals surface area contributed by atoms with Gasteiger partial charge in [0.1, 0.15) is 0 Å². The van der Waals surface area contributed by atoms with E-state index < -0.39 is 24.8 Å². The minimum Gasteiger partial charge on any atom is -0.368 e. The van der Waals surface area contributed by atoms with Gasteiger partial charge < -0.3 is 4.74 Å². The van der Waals surface area contributed by atoms with Crippen LogP contribution in [0.1, 0.15) is 5.56 Å². The van der Waals surface area contributed by atoms with E-state index in [1.807, 2.05) is 0 Å². The SMILES string of the molecule is COCS(=O)(=O)c1ccc(CS(=O)(=O)Cl)cc1. The molecule has 96 valence electrons. The van der Waals surface area contributed by atoms with E-state index in [-0.39, 0.29) is 10.6 Å². The summed E-state index contributed by atoms with van der Waals surface area (Å²) in [4.78, 5) is 0.0788. The van der Waals surface area contributed by atoms with Crippen molar-refractivity contribution in [3.05, 3.63) is 29.8 Å². The summed E-state index contributed by atoms with van der Waals surface area (Å²) in [7, 11) is -0.748. The van der Waals surface area contributed by atoms with Crippen molar-refractivity contribution in [2.24, 2.45) is 0 Å². The van der Waals surface area contributed by atoms with Crippen LogP contribution in [-0.4, -0.2) is 29.9 Å². The first kappa shape index (κ1) is 14.4. The largest absolute Gasteiger partial charge is 0.368 e. The van der Waals surface area contributed by atoms with Crippen molar-refractivity contribution >= 4 is 29.6 Å². The van der Waals surface area contributed by atoms with Crippen LogP contribution in [0.5, 0.6) is 0 Å². The van der Waals surface area contributed by atoms with E-state index in [0.29, 0.717) is 5.56 Å². The Balaban J connectivity index is 2.97. The van der Waals surface area contributed by atoms with Crippen molar-refractivity contribution in [2.75, 3.05) is 13.0 Å². The second-order valence-electron chi connectivity index (χ2n) is 3.35. The molecule has 0 amide bonds. The zero-order chi connectivity index (χ0) is 13.1. The zero-order valence-electron chi connectivity index (χ0n) is 8.96. The molecule has 0 aliphatic rings. The van der Waals surface area contributed by atoms with Crippen LogP contribution in [0.25, 0.3) is 0 Å². The van der Waals surface area contributed by atoms with Crippen LogP contribution in [0.2, 0.25) is 0 Å². The Labute approximate surface area is 105 Å². The van der Waals surface area contributed by atoms with E-state index in [1.54, 1.807) is 0 Å². The van der Waals surface area contributed by atoms with Crippen molar-refractivity contribution in [3.63, 3.8) is 0 Å². The lowest BCUT2D eigenvalue weighted by molar-refractivity contribution is 0.250. The summed E-state index contributed by atoms with van der Waals surface area (Å²) in [6, 6.07) is 5.46. The number of halogens is 1. The van der Waals surface area contributed by atoms with Crippen LogP contribution in [0.3, 0.4) is 0 Å². The first-order valence-electron chi connectivity index (χ1n) is 4.47. The van der Waals surface area contributed by atoms with Crippen molar-refractivity contribution in [3.8, 4) is 0 Å². The third-order valence-corrected chi connectivity index (χ3v) is 4.44. The van der Waals surface area contributed by atoms with E-state index in [9.17, 15) is 16.8 Å². The topological polar surface area (TPSA) is 77.5 Å². The standard InChI is InChI=1S/C9H11ClO5S2/c1-15-7-16(11,12)9-4-2-8(3-5-9)6-17(10,13)14/h2-5H,6-7H2,1H3. The van der Waals surface area contributed by atoms with Crippen LogP contribution >= 0.6 is 10.7 Å². The molecule has 17 heavy (non-hydrogen) atoms. The lowest BCUT2D eigenvalue weighted by Gasteiger charge is -2.04. The minimum atomic E-state index is -3.64. The molecule has 0 fully saturated rings. The number of hydrogen-bond acceptors (Lipinski definition) is 5. The Morgan fingerprint density at radius 1 is 1.12 bits per heavy atom. The number of methoxy groups -OCH3 is 1. The lowest BCUT2D eigenvalue weighted by atomic mass is 10.2. The van der Waals surface area contributed by atoms with Gasteiger partial charge in [0.15, 0.2) is 5.94 Å². The minimum absolute atomic E-state index is 0.0788. The molecule has 0 unspecified atom stereocenters. The van der Waals surface area contributed by atoms with Crippen LogP contribution < -0.4 is 0 Å². The van der Waals surface area contributed by atoms with E-state index in [4.69, 9.17) is 10.7 Å². The zero-order valence-corrected chi connectivity index (χ0v) is 11.3. The van der Waals surface area contributed by atoms with Gasteiger partial charge in [-0.1, -0.05) is 12.1 Å². The van der Waals surface area contributed by atoms with Gasteiger partial charge in [-0.15, -0.1) is 0 Å². The van der Waals surface area contributed by atoms with Gasteiger partial charge in [0.25, 0.3) is 0 Å². The molecule has 0 radical (unpaired) electrons. The van der Waals surface area contributed by atoms with E-state index in [1.165, 1.54) is 31.4 Å². The number of sulfone groups is 1. The van der Waals surface area contributed by atoms with Gasteiger partial charge in [0.05, 0.1) is 10.6 Å². The molecule has 8 heteroatoms. The summed E-state index contributed by atoms with van der Waals surface area (Å²) in [5.41, 5.74) is 0.427. The summed E-state index contributed by atoms with van der Waals surface area (Å²) in [6.07, 6.45) is 0. The van der Waals surface area contributed by atoms with Gasteiger partial charge in [-0.25, -0.2) is 16.8 Å². The van der Waals surface area contributed by atoms with Crippen LogP contribution in [-0.2, 0) is 29.4 Å². The summed E-state index contributed by atoms with van der Waals surface area (Å²) < 4.78 is 49.3. The van der Waals surface area contributed by atoms with E-state index >= 15 is 0 Å². The summed E-state index contributed by atoms with van der Waals surface area (Å²) >= 11 is 0. The molecule has 0 aliphatic heterocycles. The Morgan fingerprint density at radius 3 is 2.06 bits per heavy atom. The Hall–Kier alpha value is -0.630. The molecule has 0 heterocycles. The highest BCUT2D eigenvalue weighted by Gasteiger charge is 2.14. The molecule has 0 aliphatic carbocycles. The van der Waals surface area contributed by atoms with Gasteiger partial charge in [-0.2, -0.15) is 0 Å². The molecule has 0 aromatic heterocycles. The average Bonchev–Trinajstić information content (AvgIpc) is 2.15. The van der Waals surface area contributed by atoms with Crippen molar-refractivity contribution in [2.45, 2.75) is 10.6 Å². The monoisotopic (exact) mass is 298 g/mol. The molecule has 5 nitrogen and oxygen atoms in total. The van der Waals surface area contributed by atoms with Crippen molar-refractivity contribution in [1.29, 1.82) is 0 Å². The molecule has 1 rings (SSSR count). The molecule has 0 bridgehead atoms. The highest BCUT2D eigenvalue weighted by Crippen LogP contribution is 2.15. The maximum absolute atomic E-state index is 11.6. The van der Waals surface area contributed by atoms with Crippen LogP contribution in [0, 0.1) is 0 Å². The summed E-state index contributed by atoms with van der Waals surface area (Å²) in [5.74, 6) is -0.751. The molecule has 0 N–H and O–H groups in total. The maximum atomic E-state index is 11.6. The first-order valence-corrected chi connectivity index (χ1v) is 8.60. The fraction of sp³-hybridized carbons (Fsp3) is 0.333. The highest BCUT2D eigenvalue weighted by atomic mass is 35.7. The molecule has 0 spiro atoms. The van der Waals surface area contributed by atoms with E-state index in [0.717, 1.165) is 0 Å². The number of benzene rings is 1. The second-order valence-corrected chi connectivity index (χ2v) is 8.06. The lowest BCUT2D eigenvalue weighted by Crippen LogP contribution is -2.08. The van der Waals surface area contributed by atoms with Gasteiger partial charge >= 0.3 is 0 Å². The molecule has 0 saturated carbocycles. The van der Waals surface area contributed by atoms with Crippen molar-refractivity contribution < 1.29 is 21.6 Å². The molecular formula is C9H11ClO5S2. The van der Waals surface area contributed by atoms with Gasteiger partial charge in [-0.3, -0.25) is 0 Å². The molecular weight excluding hydrogens is 288 g/mol. The Morgan fingerprint density at radius 2 is 1.65 bits per heavy atom. The van der Waals surface area contributed by atoms with Crippen LogP contribution in [0.4, 0.5) is 0 Å². The summed E-state index contributed by atoms with van der Waals surface area (Å²) in [6.45, 7) is 0. The van der Waals surface area contributed by atoms with Gasteiger partial charge in [0.2, 0.25) is 18.9 Å². The third-order valence-electron chi connectivity index (χ3n) is 1.89. The second kappa shape index (κ2) is 5.34. The first-order chi connectivity index (χ1) is 7.74. The quantitative estimate of drug-likeness (QED) is 0.762. The number of rotatable bonds is 5. The van der Waals surface area contributed by atoms with Crippen molar-refractivity contribution in [1.82, 2.24) is 0 Å². The van der Waals surface area contributed by atoms with Gasteiger partial charge in [-0.05, 0) is 17.7 Å². The predicted molar refractivity (Wildman–Crippen MR) is 64.0 cm³/mol. The fourth-order valence-electron chi connectivity index (χ4n) is 1.22. The normalized spacial score (nSPS) is 12.6. The highest BCUT2D eigenvalue weighted by molar-refractivity contribution is 8.13. The average molecular weight is 299 g/mol. The predicted octanol–water partition coefficient (Wildman–Crippen LogP) is 1.13. The molecule has 0 saturated heterocycles. The smallest absolute Gasteiger partial charge is 0.236 e. The third kappa shape index (κ3) is 4.63. The summed E-state index contributed by atoms with van der Waals surface area (Å²) in [5, 5.41) is 0. The fourth-order valence-corrected chi connectivity index (χ4v) is 3.18. The Bertz CT molecular complexity index is 574. The van der Waals surface area contributed by atoms with Gasteiger partial charge in [0, 0.05) is 17.8 Å². The number of ether oxygens (including phenoxy) is 1. The molecule has 1 aromatic rings. The van der Waals surface area contributed by atoms with E-state index in [2.05, 4.69) is 4.74 Å². The maximum Gasteiger partial charge on any atom is 0.236 e.